The molecular weight excluding hydrogens is 491 g/mol. The van der Waals surface area contributed by atoms with E-state index in [1.54, 1.807) is 4.27 Å². The molecule has 0 saturated carbocycles. The molecule has 0 amide bonds. The number of carbonyl (C=O) groups excluding carboxylic acids is 1. The first kappa shape index (κ1) is 13.2. The molecule has 0 N–H and O–H groups in total. The van der Waals surface area contributed by atoms with Gasteiger partial charge in [-0.3, -0.25) is 0 Å². The first-order valence-corrected chi connectivity index (χ1v) is 7.33. The molecule has 0 radical (unpaired) electrons. The third-order valence-corrected chi connectivity index (χ3v) is 1.33. The minimum absolute atomic E-state index is 0. The van der Waals surface area contributed by atoms with Crippen LogP contribution in [0.2, 0.25) is 0 Å². The van der Waals surface area contributed by atoms with Gasteiger partial charge in [0, 0.05) is 21.1 Å². The Morgan fingerprint density at radius 1 is 1.40 bits per heavy atom. The van der Waals surface area contributed by atoms with Gasteiger partial charge >= 0.3 is 35.5 Å². The summed E-state index contributed by atoms with van der Waals surface area (Å²) in [4.78, 5) is 8.99. The Balaban J connectivity index is 0. The van der Waals surface area contributed by atoms with Crippen molar-refractivity contribution in [3.8, 4) is 0 Å². The van der Waals surface area contributed by atoms with E-state index in [1.165, 1.54) is 0 Å². The van der Waals surface area contributed by atoms with Crippen LogP contribution in [0.4, 0.5) is 0 Å². The van der Waals surface area contributed by atoms with Crippen LogP contribution in [0.1, 0.15) is 0 Å². The van der Waals surface area contributed by atoms with Crippen LogP contribution in [0.25, 0.3) is 0 Å². The van der Waals surface area contributed by atoms with Crippen LogP contribution in [0, 0.1) is 0 Å². The first-order valence-electron chi connectivity index (χ1n) is 2.23. The summed E-state index contributed by atoms with van der Waals surface area (Å²) in [5, 5.41) is 0. The van der Waals surface area contributed by atoms with Gasteiger partial charge in [0.15, 0.2) is 0 Å². The van der Waals surface area contributed by atoms with Crippen molar-refractivity contribution in [2.75, 3.05) is 0 Å². The number of halogens is 1. The standard InChI is InChI=1S/C5H5.CO.ClH.2W/c1-2-4-5-3-1;1-2;;;/h1-5H;;1H;;/q-1;;;;+1/p-1. The van der Waals surface area contributed by atoms with Gasteiger partial charge in [0.2, 0.25) is 0 Å². The maximum Gasteiger partial charge on any atom is 0 e. The van der Waals surface area contributed by atoms with Crippen molar-refractivity contribution < 1.29 is 42.9 Å². The minimum Gasteiger partial charge on any atom is -0.214 e. The molecule has 10 heavy (non-hydrogen) atoms. The van der Waals surface area contributed by atoms with Gasteiger partial charge in [-0.25, -0.2) is 12.1 Å². The summed E-state index contributed by atoms with van der Waals surface area (Å²) in [6, 6.07) is 10.0. The van der Waals surface area contributed by atoms with Crippen molar-refractivity contribution >= 4 is 13.7 Å². The normalized spacial score (nSPS) is 5.70. The van der Waals surface area contributed by atoms with E-state index in [0.29, 0.717) is 0 Å². The third kappa shape index (κ3) is 11.4. The van der Waals surface area contributed by atoms with E-state index < -0.39 is 17.1 Å². The second-order valence-electron chi connectivity index (χ2n) is 1.12. The van der Waals surface area contributed by atoms with Crippen molar-refractivity contribution in [3.63, 3.8) is 0 Å². The molecule has 0 aliphatic rings. The van der Waals surface area contributed by atoms with E-state index in [1.807, 2.05) is 30.3 Å². The SMILES string of the molecule is O=[C]=[W][Cl].[W].c1cc[cH-]c1. The Labute approximate surface area is 86.4 Å². The number of rotatable bonds is 0. The molecular formula is C6H5ClOW2-. The summed E-state index contributed by atoms with van der Waals surface area (Å²) in [5.41, 5.74) is 0. The summed E-state index contributed by atoms with van der Waals surface area (Å²) < 4.78 is 1.61. The molecule has 0 bridgehead atoms. The Bertz CT molecular complexity index is 151. The van der Waals surface area contributed by atoms with Gasteiger partial charge in [-0.15, -0.1) is 0 Å². The predicted octanol–water partition coefficient (Wildman–Crippen LogP) is 1.69. The number of hydrogen-bond donors (Lipinski definition) is 0. The van der Waals surface area contributed by atoms with Crippen LogP contribution in [-0.4, -0.2) is 4.27 Å². The fourth-order valence-electron chi connectivity index (χ4n) is 0.321. The summed E-state index contributed by atoms with van der Waals surface area (Å²) in [7, 11) is 4.93. The maximum atomic E-state index is 8.99. The van der Waals surface area contributed by atoms with Gasteiger partial charge in [-0.1, -0.05) is 0 Å². The predicted molar refractivity (Wildman–Crippen MR) is 33.6 cm³/mol. The molecule has 0 spiro atoms. The third-order valence-electron chi connectivity index (χ3n) is 0.587. The van der Waals surface area contributed by atoms with Gasteiger partial charge in [0.25, 0.3) is 0 Å². The molecule has 0 saturated heterocycles. The molecule has 0 aliphatic heterocycles. The van der Waals surface area contributed by atoms with E-state index in [-0.39, 0.29) is 21.1 Å². The zero-order valence-electron chi connectivity index (χ0n) is 4.99. The molecule has 0 aliphatic carbocycles. The summed E-state index contributed by atoms with van der Waals surface area (Å²) in [5.74, 6) is 0. The van der Waals surface area contributed by atoms with Crippen molar-refractivity contribution in [3.05, 3.63) is 30.3 Å². The quantitative estimate of drug-likeness (QED) is 0.500. The minimum atomic E-state index is -1.09. The molecule has 0 heterocycles. The Morgan fingerprint density at radius 3 is 1.90 bits per heavy atom. The van der Waals surface area contributed by atoms with E-state index in [4.69, 9.17) is 14.2 Å². The van der Waals surface area contributed by atoms with Crippen LogP contribution < -0.4 is 0 Å². The molecule has 0 unspecified atom stereocenters. The fourth-order valence-corrected chi connectivity index (χ4v) is 0.321. The zero-order valence-corrected chi connectivity index (χ0v) is 11.6. The van der Waals surface area contributed by atoms with Crippen molar-refractivity contribution in [1.82, 2.24) is 0 Å². The summed E-state index contributed by atoms with van der Waals surface area (Å²) in [6.07, 6.45) is 0. The van der Waals surface area contributed by atoms with Crippen LogP contribution in [0.3, 0.4) is 0 Å². The molecule has 0 atom stereocenters. The smallest absolute Gasteiger partial charge is 0 e. The average molecular weight is 496 g/mol. The van der Waals surface area contributed by atoms with Gasteiger partial charge < -0.3 is 0 Å². The van der Waals surface area contributed by atoms with Gasteiger partial charge in [-0.2, -0.15) is 18.2 Å². The molecule has 4 heteroatoms. The van der Waals surface area contributed by atoms with Crippen molar-refractivity contribution in [2.24, 2.45) is 0 Å². The van der Waals surface area contributed by atoms with Crippen molar-refractivity contribution in [1.29, 1.82) is 0 Å². The van der Waals surface area contributed by atoms with E-state index >= 15 is 0 Å². The van der Waals surface area contributed by atoms with Crippen LogP contribution in [-0.2, 0) is 42.9 Å². The second kappa shape index (κ2) is 12.3. The maximum absolute atomic E-state index is 8.99. The summed E-state index contributed by atoms with van der Waals surface area (Å²) >= 11 is -1.09. The van der Waals surface area contributed by atoms with E-state index in [0.717, 1.165) is 0 Å². The first-order chi connectivity index (χ1) is 4.41. The van der Waals surface area contributed by atoms with Crippen LogP contribution in [0.5, 0.6) is 0 Å². The molecule has 0 fully saturated rings. The van der Waals surface area contributed by atoms with Crippen LogP contribution in [0.15, 0.2) is 30.3 Å². The molecule has 55 valence electrons. The van der Waals surface area contributed by atoms with Gasteiger partial charge in [0.1, 0.15) is 0 Å². The zero-order chi connectivity index (χ0) is 6.95. The largest absolute Gasteiger partial charge is 0.214 e. The van der Waals surface area contributed by atoms with Gasteiger partial charge in [0.05, 0.1) is 0 Å². The van der Waals surface area contributed by atoms with E-state index in [9.17, 15) is 0 Å². The Kier molecular flexibility index (Phi) is 16.2. The monoisotopic (exact) mass is 496 g/mol. The molecule has 1 nitrogen and oxygen atoms in total. The molecule has 1 aromatic rings. The average Bonchev–Trinajstić information content (AvgIpc) is 2.43. The number of hydrogen-bond acceptors (Lipinski definition) is 1. The van der Waals surface area contributed by atoms with Crippen LogP contribution >= 0.6 is 9.42 Å². The second-order valence-corrected chi connectivity index (χ2v) is 3.54. The van der Waals surface area contributed by atoms with Crippen molar-refractivity contribution in [2.45, 2.75) is 0 Å². The topological polar surface area (TPSA) is 17.1 Å². The molecule has 1 rings (SSSR count). The van der Waals surface area contributed by atoms with Gasteiger partial charge in [-0.05, 0) is 0 Å². The molecule has 0 aromatic heterocycles. The molecule has 1 aromatic carbocycles. The fraction of sp³-hybridized carbons (Fsp3) is 0. The Morgan fingerprint density at radius 2 is 1.80 bits per heavy atom. The van der Waals surface area contributed by atoms with E-state index in [2.05, 4.69) is 0 Å². The summed E-state index contributed by atoms with van der Waals surface area (Å²) in [6.45, 7) is 0. The Hall–Kier alpha value is 0.597.